The summed E-state index contributed by atoms with van der Waals surface area (Å²) in [5.41, 5.74) is 3.13. The van der Waals surface area contributed by atoms with Crippen molar-refractivity contribution in [3.63, 3.8) is 0 Å². The number of hydrogen-bond donors (Lipinski definition) is 0. The Hall–Kier alpha value is -2.16. The Kier molecular flexibility index (Phi) is 2.37. The SMILES string of the molecule is O=C(c1cccnc1)N1Cc2ccccc2C1. The molecule has 0 spiro atoms. The molecule has 1 aliphatic heterocycles. The Labute approximate surface area is 99.7 Å². The lowest BCUT2D eigenvalue weighted by atomic mass is 10.1. The molecule has 0 unspecified atom stereocenters. The molecule has 2 aromatic rings. The molecule has 1 aliphatic rings. The summed E-state index contributed by atoms with van der Waals surface area (Å²) in [5.74, 6) is 0.0503. The zero-order valence-corrected chi connectivity index (χ0v) is 9.34. The van der Waals surface area contributed by atoms with E-state index >= 15 is 0 Å². The van der Waals surface area contributed by atoms with Crippen molar-refractivity contribution in [2.24, 2.45) is 0 Å². The quantitative estimate of drug-likeness (QED) is 0.744. The minimum Gasteiger partial charge on any atom is -0.330 e. The lowest BCUT2D eigenvalue weighted by Gasteiger charge is -2.14. The van der Waals surface area contributed by atoms with Crippen LogP contribution in [0.1, 0.15) is 21.5 Å². The Bertz CT molecular complexity index is 526. The summed E-state index contributed by atoms with van der Waals surface area (Å²) in [7, 11) is 0. The number of carbonyl (C=O) groups is 1. The molecule has 1 aromatic heterocycles. The van der Waals surface area contributed by atoms with E-state index in [1.54, 1.807) is 24.5 Å². The number of amides is 1. The van der Waals surface area contributed by atoms with Crippen LogP contribution in [0.25, 0.3) is 0 Å². The van der Waals surface area contributed by atoms with Crippen molar-refractivity contribution in [2.75, 3.05) is 0 Å². The highest BCUT2D eigenvalue weighted by molar-refractivity contribution is 5.94. The van der Waals surface area contributed by atoms with Crippen LogP contribution in [0, 0.1) is 0 Å². The third kappa shape index (κ3) is 1.80. The van der Waals surface area contributed by atoms with Gasteiger partial charge in [-0.05, 0) is 23.3 Å². The number of carbonyl (C=O) groups excluding carboxylic acids is 1. The second-order valence-electron chi connectivity index (χ2n) is 4.17. The number of nitrogens with zero attached hydrogens (tertiary/aromatic N) is 2. The summed E-state index contributed by atoms with van der Waals surface area (Å²) in [6.07, 6.45) is 3.29. The van der Waals surface area contributed by atoms with Gasteiger partial charge in [-0.1, -0.05) is 24.3 Å². The molecule has 1 aromatic carbocycles. The van der Waals surface area contributed by atoms with E-state index in [0.29, 0.717) is 18.7 Å². The maximum atomic E-state index is 12.2. The molecule has 3 rings (SSSR count). The number of fused-ring (bicyclic) bond motifs is 1. The van der Waals surface area contributed by atoms with Crippen LogP contribution in [0.4, 0.5) is 0 Å². The summed E-state index contributed by atoms with van der Waals surface area (Å²) in [6.45, 7) is 1.40. The fourth-order valence-electron chi connectivity index (χ4n) is 2.15. The first-order valence-corrected chi connectivity index (χ1v) is 5.61. The summed E-state index contributed by atoms with van der Waals surface area (Å²) >= 11 is 0. The largest absolute Gasteiger partial charge is 0.330 e. The van der Waals surface area contributed by atoms with Crippen LogP contribution in [0.15, 0.2) is 48.8 Å². The van der Waals surface area contributed by atoms with Crippen LogP contribution < -0.4 is 0 Å². The monoisotopic (exact) mass is 224 g/mol. The van der Waals surface area contributed by atoms with Crippen molar-refractivity contribution >= 4 is 5.91 Å². The van der Waals surface area contributed by atoms with E-state index in [0.717, 1.165) is 0 Å². The summed E-state index contributed by atoms with van der Waals surface area (Å²) in [5, 5.41) is 0. The Balaban J connectivity index is 1.84. The van der Waals surface area contributed by atoms with Gasteiger partial charge in [-0.15, -0.1) is 0 Å². The van der Waals surface area contributed by atoms with Crippen molar-refractivity contribution in [3.8, 4) is 0 Å². The predicted molar refractivity (Wildman–Crippen MR) is 64.3 cm³/mol. The highest BCUT2D eigenvalue weighted by atomic mass is 16.2. The first-order valence-electron chi connectivity index (χ1n) is 5.61. The maximum absolute atomic E-state index is 12.2. The molecule has 0 N–H and O–H groups in total. The zero-order chi connectivity index (χ0) is 11.7. The van der Waals surface area contributed by atoms with Crippen molar-refractivity contribution in [1.82, 2.24) is 9.88 Å². The lowest BCUT2D eigenvalue weighted by molar-refractivity contribution is 0.0751. The van der Waals surface area contributed by atoms with E-state index in [4.69, 9.17) is 0 Å². The van der Waals surface area contributed by atoms with Crippen LogP contribution in [0.5, 0.6) is 0 Å². The minimum absolute atomic E-state index is 0.0503. The highest BCUT2D eigenvalue weighted by Crippen LogP contribution is 2.23. The lowest BCUT2D eigenvalue weighted by Crippen LogP contribution is -2.25. The fourth-order valence-corrected chi connectivity index (χ4v) is 2.15. The van der Waals surface area contributed by atoms with Crippen LogP contribution >= 0.6 is 0 Å². The average Bonchev–Trinajstić information content (AvgIpc) is 2.82. The Morgan fingerprint density at radius 1 is 1.06 bits per heavy atom. The molecular formula is C14H12N2O. The van der Waals surface area contributed by atoms with Crippen molar-refractivity contribution < 1.29 is 4.79 Å². The average molecular weight is 224 g/mol. The summed E-state index contributed by atoms with van der Waals surface area (Å²) < 4.78 is 0. The summed E-state index contributed by atoms with van der Waals surface area (Å²) in [4.78, 5) is 18.0. The molecule has 3 heteroatoms. The molecule has 0 fully saturated rings. The van der Waals surface area contributed by atoms with Crippen molar-refractivity contribution in [2.45, 2.75) is 13.1 Å². The number of rotatable bonds is 1. The second-order valence-corrected chi connectivity index (χ2v) is 4.17. The number of benzene rings is 1. The molecule has 0 bridgehead atoms. The van der Waals surface area contributed by atoms with Gasteiger partial charge in [-0.3, -0.25) is 9.78 Å². The molecule has 84 valence electrons. The number of pyridine rings is 1. The molecule has 0 saturated carbocycles. The van der Waals surface area contributed by atoms with Crippen LogP contribution in [0.2, 0.25) is 0 Å². The third-order valence-corrected chi connectivity index (χ3v) is 3.04. The van der Waals surface area contributed by atoms with Gasteiger partial charge in [-0.2, -0.15) is 0 Å². The van der Waals surface area contributed by atoms with E-state index in [1.165, 1.54) is 11.1 Å². The van der Waals surface area contributed by atoms with Gasteiger partial charge in [0.2, 0.25) is 0 Å². The van der Waals surface area contributed by atoms with Crippen molar-refractivity contribution in [3.05, 3.63) is 65.5 Å². The predicted octanol–water partition coefficient (Wildman–Crippen LogP) is 2.24. The topological polar surface area (TPSA) is 33.2 Å². The van der Waals surface area contributed by atoms with Gasteiger partial charge in [0.05, 0.1) is 5.56 Å². The normalized spacial score (nSPS) is 13.5. The van der Waals surface area contributed by atoms with Crippen molar-refractivity contribution in [1.29, 1.82) is 0 Å². The minimum atomic E-state index is 0.0503. The molecular weight excluding hydrogens is 212 g/mol. The fraction of sp³-hybridized carbons (Fsp3) is 0.143. The second kappa shape index (κ2) is 4.01. The molecule has 0 atom stereocenters. The van der Waals surface area contributed by atoms with E-state index in [1.807, 2.05) is 17.0 Å². The third-order valence-electron chi connectivity index (χ3n) is 3.04. The zero-order valence-electron chi connectivity index (χ0n) is 9.34. The van der Waals surface area contributed by atoms with Crippen LogP contribution in [-0.2, 0) is 13.1 Å². The Morgan fingerprint density at radius 3 is 2.35 bits per heavy atom. The molecule has 2 heterocycles. The van der Waals surface area contributed by atoms with E-state index < -0.39 is 0 Å². The van der Waals surface area contributed by atoms with E-state index in [2.05, 4.69) is 17.1 Å². The molecule has 1 amide bonds. The van der Waals surface area contributed by atoms with Gasteiger partial charge in [0.15, 0.2) is 0 Å². The number of hydrogen-bond acceptors (Lipinski definition) is 2. The standard InChI is InChI=1S/C14H12N2O/c17-14(11-6-3-7-15-8-11)16-9-12-4-1-2-5-13(12)10-16/h1-8H,9-10H2. The van der Waals surface area contributed by atoms with Gasteiger partial charge in [0.25, 0.3) is 5.91 Å². The molecule has 0 saturated heterocycles. The van der Waals surface area contributed by atoms with Gasteiger partial charge >= 0.3 is 0 Å². The first-order chi connectivity index (χ1) is 8.34. The van der Waals surface area contributed by atoms with E-state index in [-0.39, 0.29) is 5.91 Å². The maximum Gasteiger partial charge on any atom is 0.256 e. The number of aromatic nitrogens is 1. The smallest absolute Gasteiger partial charge is 0.256 e. The molecule has 17 heavy (non-hydrogen) atoms. The van der Waals surface area contributed by atoms with Gasteiger partial charge in [0, 0.05) is 25.5 Å². The first kappa shape index (κ1) is 10.0. The van der Waals surface area contributed by atoms with Gasteiger partial charge in [0.1, 0.15) is 0 Å². The van der Waals surface area contributed by atoms with Crippen LogP contribution in [-0.4, -0.2) is 15.8 Å². The Morgan fingerprint density at radius 2 is 1.76 bits per heavy atom. The van der Waals surface area contributed by atoms with Gasteiger partial charge in [-0.25, -0.2) is 0 Å². The molecule has 0 aliphatic carbocycles. The molecule has 3 nitrogen and oxygen atoms in total. The molecule has 0 radical (unpaired) electrons. The van der Waals surface area contributed by atoms with Gasteiger partial charge < -0.3 is 4.90 Å². The van der Waals surface area contributed by atoms with E-state index in [9.17, 15) is 4.79 Å². The van der Waals surface area contributed by atoms with Crippen LogP contribution in [0.3, 0.4) is 0 Å². The summed E-state index contributed by atoms with van der Waals surface area (Å²) in [6, 6.07) is 11.8. The highest BCUT2D eigenvalue weighted by Gasteiger charge is 2.23.